The quantitative estimate of drug-likeness (QED) is 0.783. The molecule has 22 heavy (non-hydrogen) atoms. The van der Waals surface area contributed by atoms with Crippen LogP contribution in [0.3, 0.4) is 0 Å². The van der Waals surface area contributed by atoms with Crippen molar-refractivity contribution in [3.05, 3.63) is 75.6 Å². The van der Waals surface area contributed by atoms with E-state index in [0.29, 0.717) is 0 Å². The summed E-state index contributed by atoms with van der Waals surface area (Å²) in [6.07, 6.45) is 9.23. The number of aromatic nitrogens is 1. The van der Waals surface area contributed by atoms with Crippen LogP contribution in [0.25, 0.3) is 17.2 Å². The number of nitrogens with zero attached hydrogens (tertiary/aromatic N) is 1. The van der Waals surface area contributed by atoms with Gasteiger partial charge >= 0.3 is 0 Å². The van der Waals surface area contributed by atoms with Gasteiger partial charge in [0.2, 0.25) is 0 Å². The van der Waals surface area contributed by atoms with Gasteiger partial charge < -0.3 is 4.57 Å². The van der Waals surface area contributed by atoms with Crippen LogP contribution in [0.2, 0.25) is 0 Å². The van der Waals surface area contributed by atoms with E-state index in [0.717, 1.165) is 32.9 Å². The van der Waals surface area contributed by atoms with Crippen LogP contribution >= 0.6 is 0 Å². The van der Waals surface area contributed by atoms with Crippen molar-refractivity contribution in [3.63, 3.8) is 0 Å². The van der Waals surface area contributed by atoms with E-state index in [2.05, 4.69) is 27.0 Å². The lowest BCUT2D eigenvalue weighted by molar-refractivity contribution is 0.814. The van der Waals surface area contributed by atoms with E-state index in [9.17, 15) is 4.79 Å². The molecule has 0 unspecified atom stereocenters. The second-order valence-electron chi connectivity index (χ2n) is 5.63. The van der Waals surface area contributed by atoms with Crippen LogP contribution in [0.5, 0.6) is 0 Å². The zero-order chi connectivity index (χ0) is 16.9. The fraction of sp³-hybridized carbons (Fsp3) is 0.250. The zero-order valence-corrected chi connectivity index (χ0v) is 14.2. The molecule has 1 heterocycles. The van der Waals surface area contributed by atoms with Gasteiger partial charge in [-0.05, 0) is 44.9 Å². The molecule has 1 aromatic heterocycles. The lowest BCUT2D eigenvalue weighted by Gasteiger charge is -2.11. The van der Waals surface area contributed by atoms with E-state index in [1.165, 1.54) is 0 Å². The highest BCUT2D eigenvalue weighted by atomic mass is 16.1. The summed E-state index contributed by atoms with van der Waals surface area (Å²) in [5, 5.41) is 1.95. The van der Waals surface area contributed by atoms with Crippen molar-refractivity contribution in [3.8, 4) is 0 Å². The van der Waals surface area contributed by atoms with Gasteiger partial charge in [0.25, 0.3) is 5.56 Å². The van der Waals surface area contributed by atoms with Crippen LogP contribution in [-0.2, 0) is 7.05 Å². The van der Waals surface area contributed by atoms with Crippen LogP contribution in [-0.4, -0.2) is 4.57 Å². The Kier molecular flexibility index (Phi) is 6.11. The monoisotopic (exact) mass is 295 g/mol. The first-order valence-electron chi connectivity index (χ1n) is 7.32. The molecule has 0 N–H and O–H groups in total. The molecule has 0 atom stereocenters. The average Bonchev–Trinajstić information content (AvgIpc) is 2.44. The van der Waals surface area contributed by atoms with Gasteiger partial charge in [0.1, 0.15) is 0 Å². The first-order valence-corrected chi connectivity index (χ1v) is 7.32. The van der Waals surface area contributed by atoms with E-state index in [1.54, 1.807) is 29.8 Å². The van der Waals surface area contributed by atoms with Gasteiger partial charge in [-0.3, -0.25) is 4.79 Å². The Morgan fingerprint density at radius 2 is 1.77 bits per heavy atom. The van der Waals surface area contributed by atoms with Crippen LogP contribution in [0, 0.1) is 0 Å². The largest absolute Gasteiger partial charge is 0.311 e. The van der Waals surface area contributed by atoms with Gasteiger partial charge in [0.15, 0.2) is 0 Å². The van der Waals surface area contributed by atoms with E-state index in [1.807, 2.05) is 32.1 Å². The van der Waals surface area contributed by atoms with Gasteiger partial charge in [0, 0.05) is 18.3 Å². The topological polar surface area (TPSA) is 22.0 Å². The number of pyridine rings is 1. The maximum absolute atomic E-state index is 12.3. The van der Waals surface area contributed by atoms with E-state index in [-0.39, 0.29) is 5.56 Å². The van der Waals surface area contributed by atoms with Crippen molar-refractivity contribution in [1.29, 1.82) is 0 Å². The minimum absolute atomic E-state index is 0.0288. The molecule has 0 amide bonds. The standard InChI is InChI=1S/C20H25NO/c1-8-10-12-16(14(3)4)17-13-19(22)21(7)18(11-9-2)20(17)15(5)6/h8-13H,1-2H2,3-7H3/b12-10-,18-11+. The summed E-state index contributed by atoms with van der Waals surface area (Å²) in [4.78, 5) is 12.3. The van der Waals surface area contributed by atoms with Crippen molar-refractivity contribution in [2.75, 3.05) is 0 Å². The minimum Gasteiger partial charge on any atom is -0.311 e. The molecule has 0 aliphatic rings. The molecule has 0 saturated heterocycles. The van der Waals surface area contributed by atoms with Gasteiger partial charge in [-0.2, -0.15) is 0 Å². The highest BCUT2D eigenvalue weighted by Crippen LogP contribution is 2.16. The third-order valence-corrected chi connectivity index (χ3v) is 3.49. The Hall–Kier alpha value is -2.35. The van der Waals surface area contributed by atoms with Gasteiger partial charge in [-0.15, -0.1) is 0 Å². The predicted octanol–water partition coefficient (Wildman–Crippen LogP) is 3.08. The molecule has 1 aromatic rings. The van der Waals surface area contributed by atoms with Crippen LogP contribution in [0.4, 0.5) is 0 Å². The molecule has 0 aliphatic carbocycles. The Bertz CT molecular complexity index is 822. The highest BCUT2D eigenvalue weighted by Gasteiger charge is 2.08. The highest BCUT2D eigenvalue weighted by molar-refractivity contribution is 5.77. The van der Waals surface area contributed by atoms with Crippen molar-refractivity contribution >= 4 is 17.2 Å². The van der Waals surface area contributed by atoms with Crippen molar-refractivity contribution in [2.45, 2.75) is 27.7 Å². The molecule has 0 radical (unpaired) electrons. The summed E-state index contributed by atoms with van der Waals surface area (Å²) in [7, 11) is 1.79. The zero-order valence-electron chi connectivity index (χ0n) is 14.2. The summed E-state index contributed by atoms with van der Waals surface area (Å²) in [5.74, 6) is 0. The molecule has 0 fully saturated rings. The molecule has 0 aromatic carbocycles. The Balaban J connectivity index is 4.13. The van der Waals surface area contributed by atoms with Crippen molar-refractivity contribution < 1.29 is 0 Å². The van der Waals surface area contributed by atoms with Gasteiger partial charge in [0.05, 0.1) is 5.35 Å². The Morgan fingerprint density at radius 3 is 2.23 bits per heavy atom. The van der Waals surface area contributed by atoms with Crippen molar-refractivity contribution in [2.24, 2.45) is 7.05 Å². The summed E-state index contributed by atoms with van der Waals surface area (Å²) in [6, 6.07) is 1.71. The van der Waals surface area contributed by atoms with Crippen LogP contribution in [0.15, 0.2) is 53.9 Å². The Morgan fingerprint density at radius 1 is 1.14 bits per heavy atom. The molecule has 0 aliphatic heterocycles. The lowest BCUT2D eigenvalue weighted by Crippen LogP contribution is -2.44. The van der Waals surface area contributed by atoms with Crippen molar-refractivity contribution in [1.82, 2.24) is 4.57 Å². The van der Waals surface area contributed by atoms with E-state index >= 15 is 0 Å². The fourth-order valence-electron chi connectivity index (χ4n) is 2.45. The molecule has 0 spiro atoms. The molecule has 116 valence electrons. The summed E-state index contributed by atoms with van der Waals surface area (Å²) in [6.45, 7) is 15.7. The van der Waals surface area contributed by atoms with Crippen LogP contribution < -0.4 is 16.1 Å². The molecule has 0 bridgehead atoms. The normalized spacial score (nSPS) is 11.6. The summed E-state index contributed by atoms with van der Waals surface area (Å²) < 4.78 is 1.66. The number of hydrogen-bond acceptors (Lipinski definition) is 1. The molecule has 2 nitrogen and oxygen atoms in total. The third-order valence-electron chi connectivity index (χ3n) is 3.49. The predicted molar refractivity (Wildman–Crippen MR) is 98.0 cm³/mol. The minimum atomic E-state index is -0.0288. The lowest BCUT2D eigenvalue weighted by atomic mass is 9.97. The number of allylic oxidation sites excluding steroid dienone is 6. The molecular weight excluding hydrogens is 270 g/mol. The number of rotatable bonds is 4. The smallest absolute Gasteiger partial charge is 0.251 e. The summed E-state index contributed by atoms with van der Waals surface area (Å²) >= 11 is 0. The van der Waals surface area contributed by atoms with Crippen LogP contribution in [0.1, 0.15) is 33.3 Å². The Labute approximate surface area is 132 Å². The second-order valence-corrected chi connectivity index (χ2v) is 5.63. The molecule has 0 saturated carbocycles. The summed E-state index contributed by atoms with van der Waals surface area (Å²) in [5.41, 5.74) is 4.28. The number of hydrogen-bond donors (Lipinski definition) is 0. The van der Waals surface area contributed by atoms with Gasteiger partial charge in [-0.25, -0.2) is 0 Å². The second kappa shape index (κ2) is 7.60. The van der Waals surface area contributed by atoms with Gasteiger partial charge in [-0.1, -0.05) is 48.6 Å². The SMILES string of the molecule is C=C/C=C\C(=C(C)C)c1cc(=O)n(C)/c(=C/C=C)c1=C(C)C. The molecule has 1 rings (SSSR count). The molecule has 2 heteroatoms. The fourth-order valence-corrected chi connectivity index (χ4v) is 2.45. The maximum Gasteiger partial charge on any atom is 0.251 e. The van der Waals surface area contributed by atoms with E-state index < -0.39 is 0 Å². The first-order chi connectivity index (χ1) is 10.3. The third kappa shape index (κ3) is 3.64. The maximum atomic E-state index is 12.3. The average molecular weight is 295 g/mol. The van der Waals surface area contributed by atoms with E-state index in [4.69, 9.17) is 0 Å². The molecular formula is C20H25NO. The first kappa shape index (κ1) is 17.7.